The smallest absolute Gasteiger partial charge is 0.264 e. The molecule has 43 heavy (non-hydrogen) atoms. The predicted octanol–water partition coefficient (Wildman–Crippen LogP) is 4.63. The van der Waals surface area contributed by atoms with Crippen molar-refractivity contribution >= 4 is 27.5 Å². The van der Waals surface area contributed by atoms with Gasteiger partial charge in [-0.15, -0.1) is 0 Å². The van der Waals surface area contributed by atoms with Crippen LogP contribution in [0.2, 0.25) is 0 Å². The quantitative estimate of drug-likeness (QED) is 0.235. The molecular weight excluding hydrogens is 570 g/mol. The first-order chi connectivity index (χ1) is 20.7. The van der Waals surface area contributed by atoms with Crippen molar-refractivity contribution in [2.45, 2.75) is 50.6 Å². The number of benzene rings is 3. The lowest BCUT2D eigenvalue weighted by molar-refractivity contribution is -0.140. The number of sulfonamides is 1. The topological polar surface area (TPSA) is 114 Å². The van der Waals surface area contributed by atoms with E-state index in [1.807, 2.05) is 26.0 Å². The normalized spacial score (nSPS) is 11.7. The van der Waals surface area contributed by atoms with Gasteiger partial charge in [-0.1, -0.05) is 50.6 Å². The van der Waals surface area contributed by atoms with E-state index in [2.05, 4.69) is 5.32 Å². The molecule has 0 radical (unpaired) electrons. The first kappa shape index (κ1) is 33.3. The van der Waals surface area contributed by atoms with Crippen molar-refractivity contribution in [3.63, 3.8) is 0 Å². The Bertz CT molecular complexity index is 1450. The van der Waals surface area contributed by atoms with Gasteiger partial charge in [-0.3, -0.25) is 13.9 Å². The molecule has 0 aliphatic carbocycles. The lowest BCUT2D eigenvalue weighted by atomic mass is 10.1. The third kappa shape index (κ3) is 8.41. The van der Waals surface area contributed by atoms with Crippen molar-refractivity contribution in [2.24, 2.45) is 0 Å². The summed E-state index contributed by atoms with van der Waals surface area (Å²) >= 11 is 0. The first-order valence-corrected chi connectivity index (χ1v) is 15.6. The minimum absolute atomic E-state index is 0.00118. The Morgan fingerprint density at radius 1 is 0.860 bits per heavy atom. The molecule has 0 aliphatic heterocycles. The molecule has 232 valence electrons. The van der Waals surface area contributed by atoms with Crippen molar-refractivity contribution < 1.29 is 32.2 Å². The number of hydrogen-bond donors (Lipinski definition) is 1. The summed E-state index contributed by atoms with van der Waals surface area (Å²) in [4.78, 5) is 29.0. The van der Waals surface area contributed by atoms with Crippen molar-refractivity contribution in [1.82, 2.24) is 10.2 Å². The largest absolute Gasteiger partial charge is 0.497 e. The third-order valence-electron chi connectivity index (χ3n) is 6.99. The van der Waals surface area contributed by atoms with Crippen LogP contribution < -0.4 is 23.8 Å². The molecule has 1 N–H and O–H groups in total. The highest BCUT2D eigenvalue weighted by molar-refractivity contribution is 7.92. The monoisotopic (exact) mass is 611 g/mol. The highest BCUT2D eigenvalue weighted by Crippen LogP contribution is 2.36. The van der Waals surface area contributed by atoms with E-state index in [0.29, 0.717) is 24.5 Å². The molecule has 2 amide bonds. The molecule has 0 unspecified atom stereocenters. The van der Waals surface area contributed by atoms with E-state index < -0.39 is 28.5 Å². The molecule has 3 rings (SSSR count). The summed E-state index contributed by atoms with van der Waals surface area (Å²) < 4.78 is 45.4. The number of carbonyl (C=O) groups excluding carboxylic acids is 2. The predicted molar refractivity (Wildman–Crippen MR) is 166 cm³/mol. The van der Waals surface area contributed by atoms with Crippen LogP contribution in [-0.4, -0.2) is 65.6 Å². The van der Waals surface area contributed by atoms with Gasteiger partial charge in [0.25, 0.3) is 10.0 Å². The van der Waals surface area contributed by atoms with Gasteiger partial charge in [0.2, 0.25) is 11.8 Å². The van der Waals surface area contributed by atoms with E-state index in [9.17, 15) is 18.0 Å². The third-order valence-corrected chi connectivity index (χ3v) is 8.77. The number of nitrogens with zero attached hydrogens (tertiary/aromatic N) is 2. The average molecular weight is 612 g/mol. The highest BCUT2D eigenvalue weighted by atomic mass is 32.2. The molecule has 0 aromatic heterocycles. The summed E-state index contributed by atoms with van der Waals surface area (Å²) in [6.07, 6.45) is 2.03. The molecule has 0 aliphatic rings. The fourth-order valence-corrected chi connectivity index (χ4v) is 6.02. The van der Waals surface area contributed by atoms with Crippen LogP contribution in [0.3, 0.4) is 0 Å². The summed E-state index contributed by atoms with van der Waals surface area (Å²) in [5, 5.41) is 2.93. The van der Waals surface area contributed by atoms with Gasteiger partial charge < -0.3 is 24.4 Å². The van der Waals surface area contributed by atoms with Gasteiger partial charge in [0.05, 0.1) is 31.9 Å². The number of hydrogen-bond acceptors (Lipinski definition) is 7. The van der Waals surface area contributed by atoms with Gasteiger partial charge in [-0.25, -0.2) is 8.42 Å². The zero-order valence-electron chi connectivity index (χ0n) is 25.4. The Balaban J connectivity index is 2.10. The molecular formula is C32H41N3O7S. The molecule has 1 atom stereocenters. The zero-order valence-corrected chi connectivity index (χ0v) is 26.2. The lowest BCUT2D eigenvalue weighted by Crippen LogP contribution is -2.52. The average Bonchev–Trinajstić information content (AvgIpc) is 3.03. The van der Waals surface area contributed by atoms with Gasteiger partial charge in [-0.2, -0.15) is 0 Å². The van der Waals surface area contributed by atoms with E-state index in [0.717, 1.165) is 22.7 Å². The second-order valence-corrected chi connectivity index (χ2v) is 11.7. The minimum Gasteiger partial charge on any atom is -0.497 e. The standard InChI is InChI=1S/C32H41N3O7S/c1-6-8-20-33-32(37)28(7-2)34(22-24-14-16-25(40-3)17-15-24)31(36)23-35(43(38,39)27-12-10-9-11-13-27)29-21-26(41-4)18-19-30(29)42-5/h9-19,21,28H,6-8,20,22-23H2,1-5H3,(H,33,37)/t28-/m1/s1. The van der Waals surface area contributed by atoms with Crippen LogP contribution in [0.25, 0.3) is 0 Å². The van der Waals surface area contributed by atoms with Gasteiger partial charge in [0.1, 0.15) is 29.8 Å². The summed E-state index contributed by atoms with van der Waals surface area (Å²) in [5.74, 6) is 0.413. The van der Waals surface area contributed by atoms with Crippen LogP contribution >= 0.6 is 0 Å². The number of unbranched alkanes of at least 4 members (excludes halogenated alkanes) is 1. The molecule has 10 nitrogen and oxygen atoms in total. The summed E-state index contributed by atoms with van der Waals surface area (Å²) in [5.41, 5.74) is 0.884. The Kier molecular flexibility index (Phi) is 12.2. The van der Waals surface area contributed by atoms with Gasteiger partial charge in [0, 0.05) is 19.2 Å². The van der Waals surface area contributed by atoms with Crippen molar-refractivity contribution in [1.29, 1.82) is 0 Å². The Hall–Kier alpha value is -4.25. The van der Waals surface area contributed by atoms with E-state index in [1.165, 1.54) is 37.3 Å². The number of carbonyl (C=O) groups is 2. The highest BCUT2D eigenvalue weighted by Gasteiger charge is 2.35. The molecule has 0 spiro atoms. The first-order valence-electron chi connectivity index (χ1n) is 14.2. The maximum atomic E-state index is 14.3. The van der Waals surface area contributed by atoms with E-state index in [1.54, 1.807) is 49.6 Å². The summed E-state index contributed by atoms with van der Waals surface area (Å²) in [6, 6.07) is 18.9. The zero-order chi connectivity index (χ0) is 31.4. The Labute approximate surface area is 254 Å². The number of amides is 2. The van der Waals surface area contributed by atoms with Gasteiger partial charge >= 0.3 is 0 Å². The van der Waals surface area contributed by atoms with Crippen LogP contribution in [0.5, 0.6) is 17.2 Å². The van der Waals surface area contributed by atoms with Crippen LogP contribution in [0.4, 0.5) is 5.69 Å². The molecule has 0 bridgehead atoms. The number of methoxy groups -OCH3 is 3. The van der Waals surface area contributed by atoms with E-state index in [-0.39, 0.29) is 28.8 Å². The molecule has 0 saturated carbocycles. The maximum absolute atomic E-state index is 14.3. The van der Waals surface area contributed by atoms with Crippen molar-refractivity contribution in [3.05, 3.63) is 78.4 Å². The van der Waals surface area contributed by atoms with Gasteiger partial charge in [0.15, 0.2) is 0 Å². The fourth-order valence-electron chi connectivity index (χ4n) is 4.58. The molecule has 3 aromatic carbocycles. The Morgan fingerprint density at radius 3 is 2.09 bits per heavy atom. The second-order valence-electron chi connectivity index (χ2n) is 9.80. The summed E-state index contributed by atoms with van der Waals surface area (Å²) in [6.45, 7) is 3.82. The number of anilines is 1. The molecule has 0 heterocycles. The molecule has 11 heteroatoms. The minimum atomic E-state index is -4.26. The molecule has 0 fully saturated rings. The SMILES string of the molecule is CCCCNC(=O)[C@@H](CC)N(Cc1ccc(OC)cc1)C(=O)CN(c1cc(OC)ccc1OC)S(=O)(=O)c1ccccc1. The maximum Gasteiger partial charge on any atom is 0.264 e. The number of nitrogens with one attached hydrogen (secondary N) is 1. The second kappa shape index (κ2) is 15.8. The lowest BCUT2D eigenvalue weighted by Gasteiger charge is -2.33. The van der Waals surface area contributed by atoms with Crippen molar-refractivity contribution in [3.8, 4) is 17.2 Å². The van der Waals surface area contributed by atoms with E-state index in [4.69, 9.17) is 14.2 Å². The van der Waals surface area contributed by atoms with Crippen LogP contribution in [0, 0.1) is 0 Å². The molecule has 3 aromatic rings. The van der Waals surface area contributed by atoms with Crippen LogP contribution in [-0.2, 0) is 26.2 Å². The van der Waals surface area contributed by atoms with Gasteiger partial charge in [-0.05, 0) is 54.8 Å². The van der Waals surface area contributed by atoms with Crippen LogP contribution in [0.1, 0.15) is 38.7 Å². The van der Waals surface area contributed by atoms with E-state index >= 15 is 0 Å². The molecule has 0 saturated heterocycles. The Morgan fingerprint density at radius 2 is 1.51 bits per heavy atom. The fraction of sp³-hybridized carbons (Fsp3) is 0.375. The van der Waals surface area contributed by atoms with Crippen LogP contribution in [0.15, 0.2) is 77.7 Å². The number of rotatable bonds is 16. The summed E-state index contributed by atoms with van der Waals surface area (Å²) in [7, 11) is 0.189. The van der Waals surface area contributed by atoms with Crippen molar-refractivity contribution in [2.75, 3.05) is 38.7 Å². The number of ether oxygens (including phenoxy) is 3.